The van der Waals surface area contributed by atoms with Crippen molar-refractivity contribution in [3.05, 3.63) is 15.5 Å². The van der Waals surface area contributed by atoms with Gasteiger partial charge in [0.05, 0.1) is 9.77 Å². The van der Waals surface area contributed by atoms with Gasteiger partial charge in [-0.15, -0.1) is 0 Å². The molecule has 0 fully saturated rings. The normalized spacial score (nSPS) is 9.00. The molecule has 0 saturated heterocycles. The summed E-state index contributed by atoms with van der Waals surface area (Å²) in [6.07, 6.45) is 1.67. The third-order valence-electron chi connectivity index (χ3n) is 1.00. The zero-order valence-electron chi connectivity index (χ0n) is 4.80. The summed E-state index contributed by atoms with van der Waals surface area (Å²) in [4.78, 5) is 0. The SMILES string of the molecule is Cn1ncc(I)c1C#N. The average Bonchev–Trinajstić information content (AvgIpc) is 2.12. The van der Waals surface area contributed by atoms with Crippen LogP contribution in [-0.2, 0) is 7.05 Å². The molecule has 4 heteroatoms. The number of halogens is 1. The van der Waals surface area contributed by atoms with Gasteiger partial charge in [-0.1, -0.05) is 0 Å². The Bertz CT molecular complexity index is 238. The zero-order chi connectivity index (χ0) is 6.85. The van der Waals surface area contributed by atoms with Crippen molar-refractivity contribution in [1.29, 1.82) is 5.26 Å². The summed E-state index contributed by atoms with van der Waals surface area (Å²) in [6.45, 7) is 0. The number of nitriles is 1. The zero-order valence-corrected chi connectivity index (χ0v) is 6.95. The van der Waals surface area contributed by atoms with Crippen molar-refractivity contribution >= 4 is 22.6 Å². The van der Waals surface area contributed by atoms with Crippen LogP contribution in [0.4, 0.5) is 0 Å². The van der Waals surface area contributed by atoms with Crippen LogP contribution < -0.4 is 0 Å². The maximum Gasteiger partial charge on any atom is 0.151 e. The first-order valence-corrected chi connectivity index (χ1v) is 3.41. The van der Waals surface area contributed by atoms with E-state index in [4.69, 9.17) is 5.26 Å². The molecule has 0 aromatic carbocycles. The molecule has 1 heterocycles. The molecule has 0 unspecified atom stereocenters. The van der Waals surface area contributed by atoms with Crippen LogP contribution in [0.15, 0.2) is 6.20 Å². The minimum absolute atomic E-state index is 0.621. The van der Waals surface area contributed by atoms with Gasteiger partial charge in [0.15, 0.2) is 5.69 Å². The molecule has 9 heavy (non-hydrogen) atoms. The monoisotopic (exact) mass is 233 g/mol. The van der Waals surface area contributed by atoms with Crippen molar-refractivity contribution in [2.45, 2.75) is 0 Å². The van der Waals surface area contributed by atoms with E-state index < -0.39 is 0 Å². The van der Waals surface area contributed by atoms with E-state index in [0.717, 1.165) is 3.57 Å². The summed E-state index contributed by atoms with van der Waals surface area (Å²) >= 11 is 2.08. The molecule has 0 aliphatic heterocycles. The molecule has 0 spiro atoms. The molecular formula is C5H4IN3. The van der Waals surface area contributed by atoms with Crippen molar-refractivity contribution in [1.82, 2.24) is 9.78 Å². The van der Waals surface area contributed by atoms with Crippen LogP contribution >= 0.6 is 22.6 Å². The average molecular weight is 233 g/mol. The predicted octanol–water partition coefficient (Wildman–Crippen LogP) is 0.896. The third kappa shape index (κ3) is 1.05. The number of hydrogen-bond acceptors (Lipinski definition) is 2. The van der Waals surface area contributed by atoms with Crippen LogP contribution in [0.25, 0.3) is 0 Å². The predicted molar refractivity (Wildman–Crippen MR) is 40.6 cm³/mol. The van der Waals surface area contributed by atoms with Crippen molar-refractivity contribution < 1.29 is 0 Å². The molecule has 3 nitrogen and oxygen atoms in total. The number of nitrogens with zero attached hydrogens (tertiary/aromatic N) is 3. The Balaban J connectivity index is 3.27. The van der Waals surface area contributed by atoms with Gasteiger partial charge in [-0.3, -0.25) is 4.68 Å². The van der Waals surface area contributed by atoms with Crippen LogP contribution in [0.3, 0.4) is 0 Å². The molecule has 0 atom stereocenters. The Morgan fingerprint density at radius 1 is 1.89 bits per heavy atom. The van der Waals surface area contributed by atoms with Gasteiger partial charge in [-0.25, -0.2) is 0 Å². The molecule has 0 aliphatic carbocycles. The highest BCUT2D eigenvalue weighted by molar-refractivity contribution is 14.1. The van der Waals surface area contributed by atoms with E-state index >= 15 is 0 Å². The summed E-state index contributed by atoms with van der Waals surface area (Å²) < 4.78 is 2.46. The lowest BCUT2D eigenvalue weighted by Crippen LogP contribution is -1.93. The van der Waals surface area contributed by atoms with Gasteiger partial charge >= 0.3 is 0 Å². The summed E-state index contributed by atoms with van der Waals surface area (Å²) in [5.41, 5.74) is 0.621. The van der Waals surface area contributed by atoms with Crippen LogP contribution in [-0.4, -0.2) is 9.78 Å². The highest BCUT2D eigenvalue weighted by Crippen LogP contribution is 2.07. The maximum atomic E-state index is 8.47. The second-order valence-corrected chi connectivity index (χ2v) is 2.74. The molecule has 0 radical (unpaired) electrons. The first-order chi connectivity index (χ1) is 4.25. The van der Waals surface area contributed by atoms with Gasteiger partial charge in [0, 0.05) is 7.05 Å². The minimum atomic E-state index is 0.621. The number of hydrogen-bond donors (Lipinski definition) is 0. The molecule has 0 bridgehead atoms. The van der Waals surface area contributed by atoms with E-state index in [-0.39, 0.29) is 0 Å². The molecule has 0 amide bonds. The fourth-order valence-electron chi connectivity index (χ4n) is 0.537. The standard InChI is InChI=1S/C5H4IN3/c1-9-5(2-7)4(6)3-8-9/h3H,1H3. The molecule has 1 aromatic rings. The fraction of sp³-hybridized carbons (Fsp3) is 0.200. The number of rotatable bonds is 0. The second-order valence-electron chi connectivity index (χ2n) is 1.58. The highest BCUT2D eigenvalue weighted by atomic mass is 127. The quantitative estimate of drug-likeness (QED) is 0.624. The van der Waals surface area contributed by atoms with Crippen molar-refractivity contribution in [3.63, 3.8) is 0 Å². The summed E-state index contributed by atoms with van der Waals surface area (Å²) in [7, 11) is 1.75. The van der Waals surface area contributed by atoms with Crippen LogP contribution in [0.1, 0.15) is 5.69 Å². The summed E-state index contributed by atoms with van der Waals surface area (Å²) in [5.74, 6) is 0. The molecule has 0 saturated carbocycles. The van der Waals surface area contributed by atoms with Crippen LogP contribution in [0.5, 0.6) is 0 Å². The lowest BCUT2D eigenvalue weighted by Gasteiger charge is -1.86. The second kappa shape index (κ2) is 2.35. The van der Waals surface area contributed by atoms with Gasteiger partial charge in [-0.05, 0) is 22.6 Å². The molecule has 1 rings (SSSR count). The summed E-state index contributed by atoms with van der Waals surface area (Å²) in [5, 5.41) is 12.3. The fourth-order valence-corrected chi connectivity index (χ4v) is 1.13. The van der Waals surface area contributed by atoms with E-state index in [2.05, 4.69) is 27.7 Å². The lowest BCUT2D eigenvalue weighted by atomic mass is 10.5. The van der Waals surface area contributed by atoms with E-state index in [9.17, 15) is 0 Å². The molecule has 0 N–H and O–H groups in total. The van der Waals surface area contributed by atoms with E-state index in [0.29, 0.717) is 5.69 Å². The number of aryl methyl sites for hydroxylation is 1. The Hall–Kier alpha value is -0.570. The Morgan fingerprint density at radius 3 is 2.78 bits per heavy atom. The van der Waals surface area contributed by atoms with Gasteiger partial charge in [0.1, 0.15) is 6.07 Å². The Kier molecular flexibility index (Phi) is 1.71. The van der Waals surface area contributed by atoms with Crippen molar-refractivity contribution in [2.75, 3.05) is 0 Å². The Labute approximate surface area is 66.4 Å². The van der Waals surface area contributed by atoms with Crippen LogP contribution in [0.2, 0.25) is 0 Å². The first kappa shape index (κ1) is 6.55. The topological polar surface area (TPSA) is 41.6 Å². The van der Waals surface area contributed by atoms with E-state index in [1.54, 1.807) is 17.9 Å². The smallest absolute Gasteiger partial charge is 0.151 e. The number of aromatic nitrogens is 2. The van der Waals surface area contributed by atoms with Gasteiger partial charge in [0.25, 0.3) is 0 Å². The molecular weight excluding hydrogens is 229 g/mol. The largest absolute Gasteiger partial charge is 0.257 e. The van der Waals surface area contributed by atoms with Gasteiger partial charge in [-0.2, -0.15) is 10.4 Å². The Morgan fingerprint density at radius 2 is 2.56 bits per heavy atom. The van der Waals surface area contributed by atoms with Crippen LogP contribution in [0, 0.1) is 14.9 Å². The van der Waals surface area contributed by atoms with E-state index in [1.807, 2.05) is 6.07 Å². The van der Waals surface area contributed by atoms with E-state index in [1.165, 1.54) is 0 Å². The molecule has 0 aliphatic rings. The maximum absolute atomic E-state index is 8.47. The van der Waals surface area contributed by atoms with Gasteiger partial charge in [0.2, 0.25) is 0 Å². The van der Waals surface area contributed by atoms with Gasteiger partial charge < -0.3 is 0 Å². The molecule has 1 aromatic heterocycles. The third-order valence-corrected chi connectivity index (χ3v) is 1.79. The van der Waals surface area contributed by atoms with Crippen molar-refractivity contribution in [3.8, 4) is 6.07 Å². The lowest BCUT2D eigenvalue weighted by molar-refractivity contribution is 0.755. The highest BCUT2D eigenvalue weighted by Gasteiger charge is 2.01. The molecule has 46 valence electrons. The minimum Gasteiger partial charge on any atom is -0.257 e. The summed E-state index contributed by atoms with van der Waals surface area (Å²) in [6, 6.07) is 2.04. The van der Waals surface area contributed by atoms with Crippen molar-refractivity contribution in [2.24, 2.45) is 7.05 Å². The first-order valence-electron chi connectivity index (χ1n) is 2.33.